The maximum Gasteiger partial charge on any atom is 0.295 e. The molecule has 98 valence electrons. The quantitative estimate of drug-likeness (QED) is 0.662. The zero-order valence-electron chi connectivity index (χ0n) is 9.68. The molecule has 19 heavy (non-hydrogen) atoms. The van der Waals surface area contributed by atoms with E-state index in [-0.39, 0.29) is 11.5 Å². The van der Waals surface area contributed by atoms with Crippen LogP contribution in [0.1, 0.15) is 16.4 Å². The van der Waals surface area contributed by atoms with E-state index >= 15 is 0 Å². The first-order valence-corrected chi connectivity index (χ1v) is 5.91. The van der Waals surface area contributed by atoms with Gasteiger partial charge in [0.1, 0.15) is 5.82 Å². The van der Waals surface area contributed by atoms with Crippen molar-refractivity contribution >= 4 is 33.2 Å². The van der Waals surface area contributed by atoms with Crippen LogP contribution in [0.5, 0.6) is 0 Å². The topological polar surface area (TPSA) is 114 Å². The molecule has 9 heteroatoms. The number of hydrogen-bond acceptors (Lipinski definition) is 5. The zero-order chi connectivity index (χ0) is 14.0. The first kappa shape index (κ1) is 13.1. The molecule has 0 atom stereocenters. The highest BCUT2D eigenvalue weighted by atomic mass is 79.9. The Labute approximate surface area is 115 Å². The number of anilines is 1. The molecule has 8 nitrogen and oxygen atoms in total. The summed E-state index contributed by atoms with van der Waals surface area (Å²) < 4.78 is 0.405. The van der Waals surface area contributed by atoms with Crippen molar-refractivity contribution in [2.24, 2.45) is 0 Å². The van der Waals surface area contributed by atoms with Gasteiger partial charge in [-0.05, 0) is 28.9 Å². The molecule has 1 aromatic heterocycles. The molecule has 1 amide bonds. The van der Waals surface area contributed by atoms with Crippen LogP contribution in [0.3, 0.4) is 0 Å². The van der Waals surface area contributed by atoms with E-state index < -0.39 is 10.8 Å². The average Bonchev–Trinajstić information content (AvgIpc) is 2.78. The van der Waals surface area contributed by atoms with Crippen LogP contribution in [0, 0.1) is 17.0 Å². The lowest BCUT2D eigenvalue weighted by Gasteiger charge is -2.04. The van der Waals surface area contributed by atoms with Crippen molar-refractivity contribution in [3.8, 4) is 0 Å². The molecule has 0 fully saturated rings. The van der Waals surface area contributed by atoms with Gasteiger partial charge in [0.05, 0.1) is 10.6 Å². The summed E-state index contributed by atoms with van der Waals surface area (Å²) in [7, 11) is 0. The fraction of sp³-hybridized carbons (Fsp3) is 0.100. The second kappa shape index (κ2) is 5.14. The van der Waals surface area contributed by atoms with Gasteiger partial charge < -0.3 is 5.32 Å². The lowest BCUT2D eigenvalue weighted by Crippen LogP contribution is -2.14. The van der Waals surface area contributed by atoms with Gasteiger partial charge in [0.25, 0.3) is 11.6 Å². The van der Waals surface area contributed by atoms with Gasteiger partial charge in [-0.1, -0.05) is 0 Å². The Kier molecular flexibility index (Phi) is 3.56. The van der Waals surface area contributed by atoms with E-state index in [4.69, 9.17) is 0 Å². The summed E-state index contributed by atoms with van der Waals surface area (Å²) in [5.41, 5.74) is 0.330. The molecule has 1 heterocycles. The number of nitrogens with one attached hydrogen (secondary N) is 2. The van der Waals surface area contributed by atoms with Gasteiger partial charge in [-0.2, -0.15) is 0 Å². The van der Waals surface area contributed by atoms with Crippen molar-refractivity contribution in [2.45, 2.75) is 6.92 Å². The number of nitro groups is 1. The van der Waals surface area contributed by atoms with Gasteiger partial charge >= 0.3 is 0 Å². The van der Waals surface area contributed by atoms with Crippen LogP contribution < -0.4 is 5.32 Å². The summed E-state index contributed by atoms with van der Waals surface area (Å²) in [6.45, 7) is 1.67. The lowest BCUT2D eigenvalue weighted by atomic mass is 10.3. The van der Waals surface area contributed by atoms with Gasteiger partial charge in [0, 0.05) is 16.6 Å². The molecule has 0 bridgehead atoms. The lowest BCUT2D eigenvalue weighted by molar-refractivity contribution is -0.384. The molecule has 2 aromatic rings. The second-order valence-corrected chi connectivity index (χ2v) is 4.47. The van der Waals surface area contributed by atoms with Crippen molar-refractivity contribution in [1.82, 2.24) is 15.2 Å². The van der Waals surface area contributed by atoms with Gasteiger partial charge in [-0.25, -0.2) is 4.98 Å². The summed E-state index contributed by atoms with van der Waals surface area (Å²) in [5, 5.41) is 19.4. The van der Waals surface area contributed by atoms with Crippen LogP contribution in [0.2, 0.25) is 0 Å². The van der Waals surface area contributed by atoms with E-state index in [1.807, 2.05) is 0 Å². The third-order valence-corrected chi connectivity index (χ3v) is 2.87. The number of hydrogen-bond donors (Lipinski definition) is 2. The Bertz CT molecular complexity index is 654. The number of rotatable bonds is 3. The van der Waals surface area contributed by atoms with Crippen LogP contribution in [0.25, 0.3) is 0 Å². The number of H-pyrrole nitrogens is 1. The highest BCUT2D eigenvalue weighted by Crippen LogP contribution is 2.27. The summed E-state index contributed by atoms with van der Waals surface area (Å²) in [5.74, 6) is 0.0228. The number of benzene rings is 1. The van der Waals surface area contributed by atoms with Crippen LogP contribution in [-0.4, -0.2) is 26.0 Å². The second-order valence-electron chi connectivity index (χ2n) is 3.62. The minimum atomic E-state index is -0.519. The van der Waals surface area contributed by atoms with Crippen LogP contribution in [-0.2, 0) is 0 Å². The van der Waals surface area contributed by atoms with Crippen molar-refractivity contribution < 1.29 is 9.72 Å². The van der Waals surface area contributed by atoms with E-state index in [0.29, 0.717) is 16.0 Å². The molecule has 2 N–H and O–H groups in total. The predicted molar refractivity (Wildman–Crippen MR) is 69.9 cm³/mol. The van der Waals surface area contributed by atoms with Crippen molar-refractivity contribution in [1.29, 1.82) is 0 Å². The highest BCUT2D eigenvalue weighted by Gasteiger charge is 2.15. The molecular weight excluding hydrogens is 318 g/mol. The van der Waals surface area contributed by atoms with Crippen LogP contribution in [0.4, 0.5) is 11.4 Å². The molecule has 0 aliphatic rings. The SMILES string of the molecule is Cc1nc(C(=O)Nc2ccc([N+](=O)[O-])cc2Br)n[nH]1. The third kappa shape index (κ3) is 2.94. The minimum absolute atomic E-state index is 0.00255. The minimum Gasteiger partial charge on any atom is -0.318 e. The van der Waals surface area contributed by atoms with Gasteiger partial charge in [0.15, 0.2) is 0 Å². The Balaban J connectivity index is 2.20. The number of non-ortho nitro benzene ring substituents is 1. The molecule has 0 aliphatic carbocycles. The molecule has 0 saturated carbocycles. The fourth-order valence-electron chi connectivity index (χ4n) is 1.34. The molecule has 0 aliphatic heterocycles. The monoisotopic (exact) mass is 325 g/mol. The maximum absolute atomic E-state index is 11.8. The van der Waals surface area contributed by atoms with E-state index in [9.17, 15) is 14.9 Å². The number of aromatic amines is 1. The van der Waals surface area contributed by atoms with Crippen LogP contribution >= 0.6 is 15.9 Å². The molecular formula is C10H8BrN5O3. The standard InChI is InChI=1S/C10H8BrN5O3/c1-5-12-9(15-14-5)10(17)13-8-3-2-6(16(18)19)4-7(8)11/h2-4H,1H3,(H,13,17)(H,12,14,15). The van der Waals surface area contributed by atoms with E-state index in [0.717, 1.165) is 0 Å². The Hall–Kier alpha value is -2.29. The maximum atomic E-state index is 11.8. The Morgan fingerprint density at radius 2 is 2.26 bits per heavy atom. The first-order chi connectivity index (χ1) is 8.97. The van der Waals surface area contributed by atoms with Gasteiger partial charge in [-0.3, -0.25) is 20.0 Å². The summed E-state index contributed by atoms with van der Waals surface area (Å²) in [6, 6.07) is 4.03. The molecule has 0 spiro atoms. The number of nitro benzene ring substituents is 1. The zero-order valence-corrected chi connectivity index (χ0v) is 11.3. The molecule has 0 saturated heterocycles. The number of nitrogens with zero attached hydrogens (tertiary/aromatic N) is 3. The van der Waals surface area contributed by atoms with E-state index in [1.54, 1.807) is 6.92 Å². The van der Waals surface area contributed by atoms with Crippen LogP contribution in [0.15, 0.2) is 22.7 Å². The van der Waals surface area contributed by atoms with Gasteiger partial charge in [0.2, 0.25) is 5.82 Å². The summed E-state index contributed by atoms with van der Waals surface area (Å²) >= 11 is 3.15. The number of carbonyl (C=O) groups is 1. The fourth-order valence-corrected chi connectivity index (χ4v) is 1.81. The number of aromatic nitrogens is 3. The number of amides is 1. The normalized spacial score (nSPS) is 10.2. The summed E-state index contributed by atoms with van der Waals surface area (Å²) in [6.07, 6.45) is 0. The molecule has 2 rings (SSSR count). The van der Waals surface area contributed by atoms with Gasteiger partial charge in [-0.15, -0.1) is 5.10 Å². The highest BCUT2D eigenvalue weighted by molar-refractivity contribution is 9.10. The van der Waals surface area contributed by atoms with E-state index in [2.05, 4.69) is 36.4 Å². The number of carbonyl (C=O) groups excluding carboxylic acids is 1. The van der Waals surface area contributed by atoms with Crippen molar-refractivity contribution in [2.75, 3.05) is 5.32 Å². The summed E-state index contributed by atoms with van der Waals surface area (Å²) in [4.78, 5) is 25.7. The van der Waals surface area contributed by atoms with Crippen molar-refractivity contribution in [3.05, 3.63) is 44.4 Å². The predicted octanol–water partition coefficient (Wildman–Crippen LogP) is 2.04. The Morgan fingerprint density at radius 1 is 1.53 bits per heavy atom. The third-order valence-electron chi connectivity index (χ3n) is 2.21. The largest absolute Gasteiger partial charge is 0.318 e. The van der Waals surface area contributed by atoms with Crippen molar-refractivity contribution in [3.63, 3.8) is 0 Å². The molecule has 0 unspecified atom stereocenters. The smallest absolute Gasteiger partial charge is 0.295 e. The Morgan fingerprint density at radius 3 is 2.79 bits per heavy atom. The number of halogens is 1. The molecule has 1 aromatic carbocycles. The molecule has 0 radical (unpaired) electrons. The average molecular weight is 326 g/mol. The van der Waals surface area contributed by atoms with E-state index in [1.165, 1.54) is 18.2 Å². The number of aryl methyl sites for hydroxylation is 1. The first-order valence-electron chi connectivity index (χ1n) is 5.11.